The molecule has 2 fully saturated rings. The van der Waals surface area contributed by atoms with E-state index in [1.807, 2.05) is 11.4 Å². The molecule has 3 rings (SSSR count). The van der Waals surface area contributed by atoms with E-state index in [-0.39, 0.29) is 0 Å². The van der Waals surface area contributed by atoms with E-state index in [1.54, 1.807) is 11.3 Å². The molecule has 2 aliphatic carbocycles. The molecule has 17 heavy (non-hydrogen) atoms. The third-order valence-electron chi connectivity index (χ3n) is 4.39. The Morgan fingerprint density at radius 3 is 3.00 bits per heavy atom. The first-order valence-electron chi connectivity index (χ1n) is 6.21. The third-order valence-corrected chi connectivity index (χ3v) is 5.26. The van der Waals surface area contributed by atoms with Crippen molar-refractivity contribution in [3.63, 3.8) is 0 Å². The second-order valence-corrected chi connectivity index (χ2v) is 6.32. The van der Waals surface area contributed by atoms with Gasteiger partial charge < -0.3 is 5.11 Å². The highest BCUT2D eigenvalue weighted by molar-refractivity contribution is 7.09. The van der Waals surface area contributed by atoms with Crippen LogP contribution in [0, 0.1) is 11.8 Å². The Morgan fingerprint density at radius 1 is 1.59 bits per heavy atom. The molecule has 4 heteroatoms. The molecular formula is C13H17NO2S. The zero-order valence-electron chi connectivity index (χ0n) is 9.69. The predicted octanol–water partition coefficient (Wildman–Crippen LogP) is 2.48. The van der Waals surface area contributed by atoms with Gasteiger partial charge in [-0.2, -0.15) is 0 Å². The molecule has 2 bridgehead atoms. The number of aliphatic carboxylic acids is 1. The van der Waals surface area contributed by atoms with Gasteiger partial charge in [0.05, 0.1) is 0 Å². The minimum absolute atomic E-state index is 0.338. The summed E-state index contributed by atoms with van der Waals surface area (Å²) in [4.78, 5) is 12.8. The van der Waals surface area contributed by atoms with Crippen LogP contribution in [0.3, 0.4) is 0 Å². The van der Waals surface area contributed by atoms with Crippen molar-refractivity contribution in [1.82, 2.24) is 5.32 Å². The van der Waals surface area contributed by atoms with E-state index in [4.69, 9.17) is 0 Å². The first-order chi connectivity index (χ1) is 8.21. The molecule has 1 heterocycles. The van der Waals surface area contributed by atoms with Crippen molar-refractivity contribution >= 4 is 17.3 Å². The van der Waals surface area contributed by atoms with Crippen LogP contribution in [-0.2, 0) is 11.3 Å². The first kappa shape index (κ1) is 11.2. The number of nitrogens with one attached hydrogen (secondary N) is 1. The van der Waals surface area contributed by atoms with Crippen LogP contribution in [0.1, 0.15) is 30.6 Å². The van der Waals surface area contributed by atoms with Crippen molar-refractivity contribution in [3.05, 3.63) is 22.4 Å². The van der Waals surface area contributed by atoms with Crippen LogP contribution in [0.5, 0.6) is 0 Å². The van der Waals surface area contributed by atoms with E-state index >= 15 is 0 Å². The van der Waals surface area contributed by atoms with Crippen LogP contribution in [0.4, 0.5) is 0 Å². The van der Waals surface area contributed by atoms with E-state index in [2.05, 4.69) is 11.4 Å². The summed E-state index contributed by atoms with van der Waals surface area (Å²) in [6.07, 6.45) is 4.22. The van der Waals surface area contributed by atoms with Crippen molar-refractivity contribution in [2.24, 2.45) is 11.8 Å². The van der Waals surface area contributed by atoms with Crippen LogP contribution in [0.15, 0.2) is 17.5 Å². The maximum atomic E-state index is 11.6. The molecule has 3 unspecified atom stereocenters. The Morgan fingerprint density at radius 2 is 2.47 bits per heavy atom. The zero-order chi connectivity index (χ0) is 11.9. The van der Waals surface area contributed by atoms with Crippen LogP contribution in [-0.4, -0.2) is 16.6 Å². The maximum Gasteiger partial charge on any atom is 0.324 e. The SMILES string of the molecule is O=C(O)C1(NCc2cccs2)CC2CCC1C2. The van der Waals surface area contributed by atoms with Gasteiger partial charge in [0.2, 0.25) is 0 Å². The Bertz CT molecular complexity index is 417. The van der Waals surface area contributed by atoms with Gasteiger partial charge in [-0.3, -0.25) is 10.1 Å². The van der Waals surface area contributed by atoms with E-state index in [9.17, 15) is 9.90 Å². The largest absolute Gasteiger partial charge is 0.480 e. The molecule has 2 aliphatic rings. The van der Waals surface area contributed by atoms with Crippen molar-refractivity contribution in [3.8, 4) is 0 Å². The molecule has 3 atom stereocenters. The van der Waals surface area contributed by atoms with Gasteiger partial charge in [-0.1, -0.05) is 12.5 Å². The lowest BCUT2D eigenvalue weighted by Gasteiger charge is -2.34. The summed E-state index contributed by atoms with van der Waals surface area (Å²) >= 11 is 1.68. The second-order valence-electron chi connectivity index (χ2n) is 5.29. The van der Waals surface area contributed by atoms with Crippen molar-refractivity contribution in [2.75, 3.05) is 0 Å². The topological polar surface area (TPSA) is 49.3 Å². The molecule has 0 spiro atoms. The van der Waals surface area contributed by atoms with Crippen LogP contribution in [0.25, 0.3) is 0 Å². The number of hydrogen-bond acceptors (Lipinski definition) is 3. The summed E-state index contributed by atoms with van der Waals surface area (Å²) in [6.45, 7) is 0.688. The molecule has 92 valence electrons. The van der Waals surface area contributed by atoms with Gasteiger partial charge in [0.15, 0.2) is 0 Å². The van der Waals surface area contributed by atoms with Gasteiger partial charge in [0.25, 0.3) is 0 Å². The highest BCUT2D eigenvalue weighted by Gasteiger charge is 2.55. The predicted molar refractivity (Wildman–Crippen MR) is 67.0 cm³/mol. The van der Waals surface area contributed by atoms with Gasteiger partial charge in [-0.25, -0.2) is 0 Å². The number of thiophene rings is 1. The zero-order valence-corrected chi connectivity index (χ0v) is 10.5. The number of rotatable bonds is 4. The molecule has 2 saturated carbocycles. The Hall–Kier alpha value is -0.870. The molecular weight excluding hydrogens is 234 g/mol. The Labute approximate surface area is 105 Å². The number of carboxylic acid groups (broad SMARTS) is 1. The summed E-state index contributed by atoms with van der Waals surface area (Å²) in [6, 6.07) is 4.07. The molecule has 0 amide bonds. The second kappa shape index (κ2) is 4.10. The van der Waals surface area contributed by atoms with Crippen molar-refractivity contribution in [2.45, 2.75) is 37.8 Å². The smallest absolute Gasteiger partial charge is 0.324 e. The third kappa shape index (κ3) is 1.79. The van der Waals surface area contributed by atoms with E-state index in [1.165, 1.54) is 11.3 Å². The molecule has 3 nitrogen and oxygen atoms in total. The van der Waals surface area contributed by atoms with Gasteiger partial charge in [-0.05, 0) is 42.5 Å². The van der Waals surface area contributed by atoms with Crippen LogP contribution in [0.2, 0.25) is 0 Å². The number of fused-ring (bicyclic) bond motifs is 2. The van der Waals surface area contributed by atoms with Gasteiger partial charge in [-0.15, -0.1) is 11.3 Å². The molecule has 0 aliphatic heterocycles. The van der Waals surface area contributed by atoms with E-state index in [0.717, 1.165) is 19.3 Å². The number of carbonyl (C=O) groups is 1. The van der Waals surface area contributed by atoms with Gasteiger partial charge in [0, 0.05) is 11.4 Å². The first-order valence-corrected chi connectivity index (χ1v) is 7.09. The minimum Gasteiger partial charge on any atom is -0.480 e. The highest BCUT2D eigenvalue weighted by atomic mass is 32.1. The fourth-order valence-electron chi connectivity index (χ4n) is 3.54. The Balaban J connectivity index is 1.75. The van der Waals surface area contributed by atoms with Crippen molar-refractivity contribution in [1.29, 1.82) is 0 Å². The monoisotopic (exact) mass is 251 g/mol. The molecule has 0 aromatic carbocycles. The lowest BCUT2D eigenvalue weighted by Crippen LogP contribution is -2.55. The molecule has 1 aromatic rings. The van der Waals surface area contributed by atoms with E-state index < -0.39 is 11.5 Å². The molecule has 1 aromatic heterocycles. The normalized spacial score (nSPS) is 35.3. The summed E-state index contributed by atoms with van der Waals surface area (Å²) < 4.78 is 0. The standard InChI is InChI=1S/C13H17NO2S/c15-12(16)13(7-9-3-4-10(13)6-9)14-8-11-2-1-5-17-11/h1-2,5,9-10,14H,3-4,6-8H2,(H,15,16). The average Bonchev–Trinajstić information content (AvgIpc) is 3.02. The number of carboxylic acids is 1. The lowest BCUT2D eigenvalue weighted by molar-refractivity contribution is -0.147. The number of hydrogen-bond donors (Lipinski definition) is 2. The van der Waals surface area contributed by atoms with Crippen molar-refractivity contribution < 1.29 is 9.90 Å². The van der Waals surface area contributed by atoms with Gasteiger partial charge >= 0.3 is 5.97 Å². The van der Waals surface area contributed by atoms with Crippen LogP contribution < -0.4 is 5.32 Å². The quantitative estimate of drug-likeness (QED) is 0.864. The fourth-order valence-corrected chi connectivity index (χ4v) is 4.19. The minimum atomic E-state index is -0.652. The van der Waals surface area contributed by atoms with Gasteiger partial charge in [0.1, 0.15) is 5.54 Å². The lowest BCUT2D eigenvalue weighted by atomic mass is 9.81. The molecule has 0 radical (unpaired) electrons. The van der Waals surface area contributed by atoms with E-state index in [0.29, 0.717) is 18.4 Å². The summed E-state index contributed by atoms with van der Waals surface area (Å²) in [7, 11) is 0. The molecule has 0 saturated heterocycles. The Kier molecular flexibility index (Phi) is 2.71. The summed E-state index contributed by atoms with van der Waals surface area (Å²) in [5.74, 6) is 0.318. The fraction of sp³-hybridized carbons (Fsp3) is 0.615. The molecule has 2 N–H and O–H groups in total. The highest BCUT2D eigenvalue weighted by Crippen LogP contribution is 2.51. The summed E-state index contributed by atoms with van der Waals surface area (Å²) in [5, 5.41) is 14.9. The summed E-state index contributed by atoms with van der Waals surface area (Å²) in [5.41, 5.74) is -0.646. The average molecular weight is 251 g/mol. The maximum absolute atomic E-state index is 11.6. The van der Waals surface area contributed by atoms with Crippen LogP contribution >= 0.6 is 11.3 Å².